The minimum absolute atomic E-state index is 0.00411. The average molecular weight is 722 g/mol. The first-order valence-electron chi connectivity index (χ1n) is 21.7. The lowest BCUT2D eigenvalue weighted by atomic mass is 9.86. The largest absolute Gasteiger partial charge is 0.465 e. The predicted molar refractivity (Wildman–Crippen MR) is 212 cm³/mol. The van der Waals surface area contributed by atoms with Gasteiger partial charge < -0.3 is 19.1 Å². The van der Waals surface area contributed by atoms with Crippen LogP contribution in [0.5, 0.6) is 0 Å². The summed E-state index contributed by atoms with van der Waals surface area (Å²) in [7, 11) is 2.11. The minimum atomic E-state index is -0.477. The van der Waals surface area contributed by atoms with Crippen molar-refractivity contribution in [1.29, 1.82) is 0 Å². The van der Waals surface area contributed by atoms with E-state index in [2.05, 4.69) is 25.8 Å². The van der Waals surface area contributed by atoms with Crippen molar-refractivity contribution in [3.63, 3.8) is 0 Å². The molecule has 1 aliphatic rings. The highest BCUT2D eigenvalue weighted by atomic mass is 16.5. The first-order valence-corrected chi connectivity index (χ1v) is 21.7. The molecular weight excluding hydrogens is 638 g/mol. The monoisotopic (exact) mass is 722 g/mol. The lowest BCUT2D eigenvalue weighted by Gasteiger charge is -2.29. The molecule has 7 nitrogen and oxygen atoms in total. The van der Waals surface area contributed by atoms with Gasteiger partial charge in [0.2, 0.25) is 0 Å². The standard InChI is InChI=1S/C44H83NO6/c1-8-10-12-14-16-18-26-36-49-41(47)43(3,4)32-24-20-22-28-39(51-40(46)38-30-34-45(7)35-31-38)29-23-21-25-33-44(5,6)42(48)50-37-27-19-17-15-13-11-9-2/h38-39H,8-37H2,1-7H3. The van der Waals surface area contributed by atoms with E-state index in [0.717, 1.165) is 116 Å². The summed E-state index contributed by atoms with van der Waals surface area (Å²) in [6.07, 6.45) is 27.8. The molecule has 1 fully saturated rings. The Hall–Kier alpha value is -1.63. The number of unbranched alkanes of at least 4 members (excludes halogenated alkanes) is 16. The lowest BCUT2D eigenvalue weighted by Crippen LogP contribution is -2.35. The minimum Gasteiger partial charge on any atom is -0.465 e. The van der Waals surface area contributed by atoms with Crippen LogP contribution < -0.4 is 0 Å². The molecule has 7 heteroatoms. The molecule has 51 heavy (non-hydrogen) atoms. The van der Waals surface area contributed by atoms with Crippen molar-refractivity contribution in [3.8, 4) is 0 Å². The van der Waals surface area contributed by atoms with Gasteiger partial charge in [-0.2, -0.15) is 0 Å². The number of hydrogen-bond acceptors (Lipinski definition) is 7. The van der Waals surface area contributed by atoms with Gasteiger partial charge in [0.1, 0.15) is 6.10 Å². The van der Waals surface area contributed by atoms with Crippen LogP contribution in [0.2, 0.25) is 0 Å². The third-order valence-electron chi connectivity index (χ3n) is 11.1. The Kier molecular flexibility index (Phi) is 26.8. The van der Waals surface area contributed by atoms with Crippen LogP contribution in [-0.2, 0) is 28.6 Å². The van der Waals surface area contributed by atoms with Gasteiger partial charge in [0.25, 0.3) is 0 Å². The van der Waals surface area contributed by atoms with Crippen LogP contribution in [0, 0.1) is 16.7 Å². The summed E-state index contributed by atoms with van der Waals surface area (Å²) >= 11 is 0. The van der Waals surface area contributed by atoms with E-state index in [1.165, 1.54) is 64.2 Å². The van der Waals surface area contributed by atoms with Crippen LogP contribution in [0.15, 0.2) is 0 Å². The summed E-state index contributed by atoms with van der Waals surface area (Å²) < 4.78 is 17.5. The van der Waals surface area contributed by atoms with Gasteiger partial charge in [-0.25, -0.2) is 0 Å². The van der Waals surface area contributed by atoms with E-state index in [-0.39, 0.29) is 29.9 Å². The van der Waals surface area contributed by atoms with Gasteiger partial charge >= 0.3 is 17.9 Å². The van der Waals surface area contributed by atoms with Crippen molar-refractivity contribution >= 4 is 17.9 Å². The summed E-state index contributed by atoms with van der Waals surface area (Å²) in [6, 6.07) is 0. The predicted octanol–water partition coefficient (Wildman–Crippen LogP) is 11.8. The Balaban J connectivity index is 2.42. The molecule has 0 bridgehead atoms. The van der Waals surface area contributed by atoms with Crippen LogP contribution >= 0.6 is 0 Å². The summed E-state index contributed by atoms with van der Waals surface area (Å²) in [4.78, 5) is 41.0. The summed E-state index contributed by atoms with van der Waals surface area (Å²) in [5.74, 6) is -0.182. The second-order valence-corrected chi connectivity index (χ2v) is 17.1. The lowest BCUT2D eigenvalue weighted by molar-refractivity contribution is -0.157. The maximum atomic E-state index is 13.1. The summed E-state index contributed by atoms with van der Waals surface area (Å²) in [5, 5.41) is 0. The van der Waals surface area contributed by atoms with Crippen molar-refractivity contribution in [2.75, 3.05) is 33.4 Å². The molecule has 0 saturated carbocycles. The fourth-order valence-electron chi connectivity index (χ4n) is 7.04. The van der Waals surface area contributed by atoms with Crippen LogP contribution in [-0.4, -0.2) is 62.3 Å². The second kappa shape index (κ2) is 28.8. The van der Waals surface area contributed by atoms with E-state index in [9.17, 15) is 14.4 Å². The van der Waals surface area contributed by atoms with E-state index < -0.39 is 10.8 Å². The third-order valence-corrected chi connectivity index (χ3v) is 11.1. The van der Waals surface area contributed by atoms with E-state index in [1.807, 2.05) is 27.7 Å². The molecule has 0 radical (unpaired) electrons. The molecule has 1 rings (SSSR count). The maximum Gasteiger partial charge on any atom is 0.311 e. The molecule has 300 valence electrons. The number of likely N-dealkylation sites (tertiary alicyclic amines) is 1. The number of piperidine rings is 1. The molecule has 0 aromatic heterocycles. The highest BCUT2D eigenvalue weighted by molar-refractivity contribution is 5.76. The molecule has 1 aliphatic heterocycles. The molecule has 1 saturated heterocycles. The molecule has 0 amide bonds. The zero-order chi connectivity index (χ0) is 37.8. The Morgan fingerprint density at radius 2 is 0.941 bits per heavy atom. The van der Waals surface area contributed by atoms with Crippen molar-refractivity contribution < 1.29 is 28.6 Å². The number of hydrogen-bond donors (Lipinski definition) is 0. The molecule has 1 heterocycles. The van der Waals surface area contributed by atoms with Crippen molar-refractivity contribution in [2.24, 2.45) is 16.7 Å². The Morgan fingerprint density at radius 3 is 1.35 bits per heavy atom. The van der Waals surface area contributed by atoms with E-state index in [4.69, 9.17) is 14.2 Å². The fraction of sp³-hybridized carbons (Fsp3) is 0.932. The molecule has 0 unspecified atom stereocenters. The molecule has 0 aromatic rings. The van der Waals surface area contributed by atoms with Crippen LogP contribution in [0.1, 0.15) is 208 Å². The topological polar surface area (TPSA) is 82.1 Å². The van der Waals surface area contributed by atoms with Crippen LogP contribution in [0.25, 0.3) is 0 Å². The first kappa shape index (κ1) is 47.4. The smallest absolute Gasteiger partial charge is 0.311 e. The zero-order valence-corrected chi connectivity index (χ0v) is 34.8. The van der Waals surface area contributed by atoms with Crippen LogP contribution in [0.3, 0.4) is 0 Å². The number of rotatable bonds is 32. The Labute approximate surface area is 315 Å². The van der Waals surface area contributed by atoms with E-state index >= 15 is 0 Å². The average Bonchev–Trinajstić information content (AvgIpc) is 3.09. The number of ether oxygens (including phenoxy) is 3. The molecule has 0 atom stereocenters. The van der Waals surface area contributed by atoms with Crippen molar-refractivity contribution in [2.45, 2.75) is 215 Å². The van der Waals surface area contributed by atoms with Gasteiger partial charge in [-0.05, 0) is 112 Å². The third kappa shape index (κ3) is 23.6. The summed E-state index contributed by atoms with van der Waals surface area (Å²) in [5.41, 5.74) is -0.954. The van der Waals surface area contributed by atoms with Gasteiger partial charge in [-0.15, -0.1) is 0 Å². The Bertz CT molecular complexity index is 840. The van der Waals surface area contributed by atoms with Crippen molar-refractivity contribution in [3.05, 3.63) is 0 Å². The van der Waals surface area contributed by atoms with Gasteiger partial charge in [-0.3, -0.25) is 14.4 Å². The zero-order valence-electron chi connectivity index (χ0n) is 34.8. The highest BCUT2D eigenvalue weighted by Crippen LogP contribution is 2.29. The van der Waals surface area contributed by atoms with Gasteiger partial charge in [0, 0.05) is 0 Å². The second-order valence-electron chi connectivity index (χ2n) is 17.1. The molecule has 0 N–H and O–H groups in total. The fourth-order valence-corrected chi connectivity index (χ4v) is 7.04. The normalized spacial score (nSPS) is 14.6. The van der Waals surface area contributed by atoms with Gasteiger partial charge in [0.05, 0.1) is 30.0 Å². The number of nitrogens with zero attached hydrogens (tertiary/aromatic N) is 1. The van der Waals surface area contributed by atoms with E-state index in [1.54, 1.807) is 0 Å². The van der Waals surface area contributed by atoms with Crippen LogP contribution in [0.4, 0.5) is 0 Å². The highest BCUT2D eigenvalue weighted by Gasteiger charge is 2.30. The quantitative estimate of drug-likeness (QED) is 0.0388. The maximum absolute atomic E-state index is 13.1. The molecule has 0 aliphatic carbocycles. The van der Waals surface area contributed by atoms with E-state index in [0.29, 0.717) is 13.2 Å². The van der Waals surface area contributed by atoms with Gasteiger partial charge in [-0.1, -0.05) is 117 Å². The molecular formula is C44H83NO6. The number of esters is 3. The molecule has 0 aromatic carbocycles. The number of carbonyl (C=O) groups is 3. The first-order chi connectivity index (χ1) is 24.4. The number of carbonyl (C=O) groups excluding carboxylic acids is 3. The van der Waals surface area contributed by atoms with Gasteiger partial charge in [0.15, 0.2) is 0 Å². The Morgan fingerprint density at radius 1 is 0.569 bits per heavy atom. The molecule has 0 spiro atoms. The summed E-state index contributed by atoms with van der Waals surface area (Å²) in [6.45, 7) is 15.4. The van der Waals surface area contributed by atoms with Crippen molar-refractivity contribution in [1.82, 2.24) is 4.90 Å². The SMILES string of the molecule is CCCCCCCCCOC(=O)C(C)(C)CCCCCC(CCCCCC(C)(C)C(=O)OCCCCCCCCC)OC(=O)C1CCN(C)CC1.